The normalized spacial score (nSPS) is 15.5. The van der Waals surface area contributed by atoms with Crippen LogP contribution < -0.4 is 0 Å². The molecule has 1 heterocycles. The highest BCUT2D eigenvalue weighted by Gasteiger charge is 2.31. The van der Waals surface area contributed by atoms with Gasteiger partial charge in [-0.3, -0.25) is 4.79 Å². The van der Waals surface area contributed by atoms with E-state index in [1.165, 1.54) is 22.5 Å². The second-order valence-corrected chi connectivity index (χ2v) is 8.57. The van der Waals surface area contributed by atoms with E-state index in [9.17, 15) is 13.2 Å². The van der Waals surface area contributed by atoms with Crippen molar-refractivity contribution in [2.24, 2.45) is 0 Å². The molecule has 2 aromatic rings. The van der Waals surface area contributed by atoms with Crippen LogP contribution in [0.5, 0.6) is 0 Å². The summed E-state index contributed by atoms with van der Waals surface area (Å²) in [7, 11) is -3.77. The number of amides is 1. The van der Waals surface area contributed by atoms with Gasteiger partial charge in [-0.2, -0.15) is 9.57 Å². The second kappa shape index (κ2) is 8.57. The van der Waals surface area contributed by atoms with E-state index in [2.05, 4.69) is 0 Å². The Hall–Kier alpha value is -2.66. The molecule has 1 fully saturated rings. The molecule has 8 heteroatoms. The van der Waals surface area contributed by atoms with Crippen LogP contribution in [0, 0.1) is 11.3 Å². The summed E-state index contributed by atoms with van der Waals surface area (Å²) in [5, 5.41) is 9.75. The van der Waals surface area contributed by atoms with Crippen LogP contribution in [-0.2, 0) is 14.8 Å². The van der Waals surface area contributed by atoms with Gasteiger partial charge in [0, 0.05) is 37.3 Å². The fourth-order valence-corrected chi connectivity index (χ4v) is 4.72. The third kappa shape index (κ3) is 4.42. The highest BCUT2D eigenvalue weighted by Crippen LogP contribution is 2.21. The minimum absolute atomic E-state index is 0.00173. The molecule has 0 radical (unpaired) electrons. The molecule has 0 aromatic heterocycles. The van der Waals surface area contributed by atoms with Gasteiger partial charge < -0.3 is 4.90 Å². The van der Waals surface area contributed by atoms with Gasteiger partial charge in [0.25, 0.3) is 0 Å². The van der Waals surface area contributed by atoms with E-state index in [4.69, 9.17) is 16.9 Å². The van der Waals surface area contributed by atoms with Crippen molar-refractivity contribution in [2.45, 2.75) is 4.90 Å². The molecule has 1 aliphatic rings. The van der Waals surface area contributed by atoms with Crippen LogP contribution in [0.4, 0.5) is 0 Å². The van der Waals surface area contributed by atoms with Crippen LogP contribution in [0.25, 0.3) is 6.08 Å². The lowest BCUT2D eigenvalue weighted by molar-refractivity contribution is -0.127. The van der Waals surface area contributed by atoms with Crippen molar-refractivity contribution in [1.29, 1.82) is 5.26 Å². The Kier molecular flexibility index (Phi) is 6.15. The third-order valence-electron chi connectivity index (χ3n) is 4.44. The molecule has 1 amide bonds. The molecule has 2 aromatic carbocycles. The van der Waals surface area contributed by atoms with Crippen molar-refractivity contribution in [1.82, 2.24) is 9.21 Å². The van der Waals surface area contributed by atoms with Gasteiger partial charge in [-0.05, 0) is 35.9 Å². The first-order valence-electron chi connectivity index (χ1n) is 8.63. The Balaban J connectivity index is 1.65. The first-order chi connectivity index (χ1) is 13.4. The number of hydrogen-bond acceptors (Lipinski definition) is 4. The van der Waals surface area contributed by atoms with E-state index < -0.39 is 10.0 Å². The molecule has 0 bridgehead atoms. The number of nitrogens with zero attached hydrogens (tertiary/aromatic N) is 3. The number of rotatable bonds is 4. The molecule has 6 nitrogen and oxygen atoms in total. The zero-order valence-electron chi connectivity index (χ0n) is 15.0. The number of benzene rings is 2. The summed E-state index contributed by atoms with van der Waals surface area (Å²) in [5.41, 5.74) is 0.931. The smallest absolute Gasteiger partial charge is 0.246 e. The SMILES string of the molecule is N#Cc1ccccc1S(=O)(=O)N1CCN(C(=O)/C=C/c2cccc(Cl)c2)CC1. The summed E-state index contributed by atoms with van der Waals surface area (Å²) >= 11 is 5.93. The molecular weight excluding hydrogens is 398 g/mol. The largest absolute Gasteiger partial charge is 0.337 e. The van der Waals surface area contributed by atoms with E-state index in [0.29, 0.717) is 5.02 Å². The Morgan fingerprint density at radius 2 is 1.79 bits per heavy atom. The molecule has 1 saturated heterocycles. The van der Waals surface area contributed by atoms with Crippen LogP contribution in [0.15, 0.2) is 59.5 Å². The summed E-state index contributed by atoms with van der Waals surface area (Å²) in [6.45, 7) is 0.928. The summed E-state index contributed by atoms with van der Waals surface area (Å²) in [4.78, 5) is 14.0. The van der Waals surface area contributed by atoms with Crippen molar-refractivity contribution < 1.29 is 13.2 Å². The molecule has 0 atom stereocenters. The van der Waals surface area contributed by atoms with E-state index in [0.717, 1.165) is 5.56 Å². The summed E-state index contributed by atoms with van der Waals surface area (Å²) in [5.74, 6) is -0.186. The van der Waals surface area contributed by atoms with E-state index >= 15 is 0 Å². The van der Waals surface area contributed by atoms with Crippen molar-refractivity contribution in [3.05, 3.63) is 70.8 Å². The number of piperazine rings is 1. The summed E-state index contributed by atoms with van der Waals surface area (Å²) in [6, 6.07) is 15.2. The van der Waals surface area contributed by atoms with Gasteiger partial charge in [0.2, 0.25) is 15.9 Å². The maximum Gasteiger partial charge on any atom is 0.246 e. The van der Waals surface area contributed by atoms with Gasteiger partial charge in [0.1, 0.15) is 6.07 Å². The number of carbonyl (C=O) groups excluding carboxylic acids is 1. The molecule has 0 spiro atoms. The third-order valence-corrected chi connectivity index (χ3v) is 6.63. The molecule has 0 unspecified atom stereocenters. The van der Waals surface area contributed by atoms with Crippen molar-refractivity contribution >= 4 is 33.6 Å². The van der Waals surface area contributed by atoms with Crippen LogP contribution in [0.3, 0.4) is 0 Å². The van der Waals surface area contributed by atoms with Gasteiger partial charge in [-0.1, -0.05) is 35.9 Å². The summed E-state index contributed by atoms with van der Waals surface area (Å²) in [6.07, 6.45) is 3.14. The van der Waals surface area contributed by atoms with Crippen molar-refractivity contribution in [3.63, 3.8) is 0 Å². The Bertz CT molecular complexity index is 1050. The first-order valence-corrected chi connectivity index (χ1v) is 10.5. The van der Waals surface area contributed by atoms with Gasteiger partial charge in [-0.15, -0.1) is 0 Å². The van der Waals surface area contributed by atoms with Gasteiger partial charge in [0.05, 0.1) is 10.5 Å². The lowest BCUT2D eigenvalue weighted by atomic mass is 10.2. The minimum atomic E-state index is -3.77. The molecule has 0 aliphatic carbocycles. The molecule has 3 rings (SSSR count). The van der Waals surface area contributed by atoms with E-state index in [1.54, 1.807) is 41.3 Å². The van der Waals surface area contributed by atoms with Crippen molar-refractivity contribution in [3.8, 4) is 6.07 Å². The molecule has 144 valence electrons. The maximum absolute atomic E-state index is 12.8. The Labute approximate surface area is 169 Å². The minimum Gasteiger partial charge on any atom is -0.337 e. The zero-order valence-corrected chi connectivity index (χ0v) is 16.5. The predicted octanol–water partition coefficient (Wildman–Crippen LogP) is 2.76. The second-order valence-electron chi connectivity index (χ2n) is 6.23. The van der Waals surface area contributed by atoms with Crippen LogP contribution >= 0.6 is 11.6 Å². The van der Waals surface area contributed by atoms with E-state index in [-0.39, 0.29) is 42.5 Å². The fourth-order valence-electron chi connectivity index (χ4n) is 2.96. The average molecular weight is 416 g/mol. The summed E-state index contributed by atoms with van der Waals surface area (Å²) < 4.78 is 27.0. The number of halogens is 1. The van der Waals surface area contributed by atoms with Crippen LogP contribution in [0.2, 0.25) is 5.02 Å². The molecule has 1 aliphatic heterocycles. The van der Waals surface area contributed by atoms with Crippen LogP contribution in [-0.4, -0.2) is 49.7 Å². The monoisotopic (exact) mass is 415 g/mol. The topological polar surface area (TPSA) is 81.5 Å². The Morgan fingerprint density at radius 1 is 1.07 bits per heavy atom. The average Bonchev–Trinajstić information content (AvgIpc) is 2.72. The number of hydrogen-bond donors (Lipinski definition) is 0. The maximum atomic E-state index is 12.8. The molecule has 28 heavy (non-hydrogen) atoms. The molecular formula is C20H18ClN3O3S. The lowest BCUT2D eigenvalue weighted by Crippen LogP contribution is -2.50. The standard InChI is InChI=1S/C20H18ClN3O3S/c21-18-6-3-4-16(14-18)8-9-20(25)23-10-12-24(13-11-23)28(26,27)19-7-2-1-5-17(19)15-22/h1-9,14H,10-13H2/b9-8+. The highest BCUT2D eigenvalue weighted by molar-refractivity contribution is 7.89. The Morgan fingerprint density at radius 3 is 2.46 bits per heavy atom. The highest BCUT2D eigenvalue weighted by atomic mass is 35.5. The molecule has 0 N–H and O–H groups in total. The zero-order chi connectivity index (χ0) is 20.1. The van der Waals surface area contributed by atoms with Gasteiger partial charge in [-0.25, -0.2) is 8.42 Å². The number of nitriles is 1. The van der Waals surface area contributed by atoms with E-state index in [1.807, 2.05) is 12.1 Å². The van der Waals surface area contributed by atoms with Gasteiger partial charge in [0.15, 0.2) is 0 Å². The molecule has 0 saturated carbocycles. The fraction of sp³-hybridized carbons (Fsp3) is 0.200. The van der Waals surface area contributed by atoms with Gasteiger partial charge >= 0.3 is 0 Å². The van der Waals surface area contributed by atoms with Crippen LogP contribution in [0.1, 0.15) is 11.1 Å². The quantitative estimate of drug-likeness (QED) is 0.719. The number of sulfonamides is 1. The predicted molar refractivity (Wildman–Crippen MR) is 107 cm³/mol. The van der Waals surface area contributed by atoms with Crippen molar-refractivity contribution in [2.75, 3.05) is 26.2 Å². The first kappa shape index (κ1) is 20.1. The number of carbonyl (C=O) groups is 1. The lowest BCUT2D eigenvalue weighted by Gasteiger charge is -2.33.